The third-order valence-electron chi connectivity index (χ3n) is 2.77. The molecule has 0 amide bonds. The second kappa shape index (κ2) is 9.66. The molecule has 0 fully saturated rings. The first-order valence-electron chi connectivity index (χ1n) is 6.75. The van der Waals surface area contributed by atoms with Crippen LogP contribution in [0.25, 0.3) is 0 Å². The van der Waals surface area contributed by atoms with Gasteiger partial charge < -0.3 is 19.5 Å². The van der Waals surface area contributed by atoms with Crippen LogP contribution in [0.3, 0.4) is 0 Å². The van der Waals surface area contributed by atoms with E-state index >= 15 is 0 Å². The molecule has 1 aromatic carbocycles. The Morgan fingerprint density at radius 2 is 2.00 bits per heavy atom. The van der Waals surface area contributed by atoms with Crippen LogP contribution in [0.5, 0.6) is 11.5 Å². The van der Waals surface area contributed by atoms with Gasteiger partial charge >= 0.3 is 0 Å². The van der Waals surface area contributed by atoms with Gasteiger partial charge in [0.25, 0.3) is 0 Å². The minimum absolute atomic E-state index is 0.406. The first-order valence-corrected chi connectivity index (χ1v) is 6.75. The molecule has 114 valence electrons. The van der Waals surface area contributed by atoms with Crippen LogP contribution in [0.1, 0.15) is 0 Å². The first-order chi connectivity index (χ1) is 10.2. The highest BCUT2D eigenvalue weighted by atomic mass is 16.5. The lowest BCUT2D eigenvalue weighted by Gasteiger charge is -2.14. The van der Waals surface area contributed by atoms with Gasteiger partial charge in [-0.25, -0.2) is 0 Å². The maximum Gasteiger partial charge on any atom is 0.163 e. The zero-order valence-corrected chi connectivity index (χ0v) is 12.7. The number of nitrogens with one attached hydrogen (secondary N) is 1. The fraction of sp³-hybridized carbons (Fsp3) is 0.294. The maximum absolute atomic E-state index is 5.82. The lowest BCUT2D eigenvalue weighted by molar-refractivity contribution is 0.143. The van der Waals surface area contributed by atoms with Crippen molar-refractivity contribution < 1.29 is 14.2 Å². The molecule has 0 saturated carbocycles. The summed E-state index contributed by atoms with van der Waals surface area (Å²) in [6.07, 6.45) is 5.32. The predicted octanol–water partition coefficient (Wildman–Crippen LogP) is 3.43. The van der Waals surface area contributed by atoms with Crippen LogP contribution in [0.4, 0.5) is 5.69 Å². The van der Waals surface area contributed by atoms with Crippen molar-refractivity contribution in [2.24, 2.45) is 0 Å². The quantitative estimate of drug-likeness (QED) is 0.529. The Kier molecular flexibility index (Phi) is 7.76. The fourth-order valence-corrected chi connectivity index (χ4v) is 1.62. The molecule has 0 aliphatic heterocycles. The Morgan fingerprint density at radius 1 is 1.19 bits per heavy atom. The normalized spacial score (nSPS) is 10.9. The second-order valence-corrected chi connectivity index (χ2v) is 4.22. The molecule has 4 nitrogen and oxygen atoms in total. The first kappa shape index (κ1) is 16.9. The average molecular weight is 289 g/mol. The Bertz CT molecular complexity index is 495. The molecule has 1 rings (SSSR count). The molecule has 0 aromatic heterocycles. The van der Waals surface area contributed by atoms with Gasteiger partial charge in [-0.1, -0.05) is 31.4 Å². The van der Waals surface area contributed by atoms with E-state index in [2.05, 4.69) is 18.5 Å². The van der Waals surface area contributed by atoms with Crippen LogP contribution in [-0.2, 0) is 4.74 Å². The van der Waals surface area contributed by atoms with Crippen molar-refractivity contribution >= 4 is 5.69 Å². The molecule has 21 heavy (non-hydrogen) atoms. The van der Waals surface area contributed by atoms with E-state index in [9.17, 15) is 0 Å². The molecule has 0 aliphatic rings. The molecule has 0 atom stereocenters. The van der Waals surface area contributed by atoms with Crippen LogP contribution < -0.4 is 14.8 Å². The van der Waals surface area contributed by atoms with Crippen molar-refractivity contribution in [2.75, 3.05) is 39.3 Å². The zero-order valence-electron chi connectivity index (χ0n) is 12.7. The molecule has 1 aromatic rings. The van der Waals surface area contributed by atoms with Gasteiger partial charge in [0.2, 0.25) is 0 Å². The minimum atomic E-state index is 0.406. The van der Waals surface area contributed by atoms with E-state index in [1.807, 2.05) is 31.3 Å². The molecule has 0 spiro atoms. The topological polar surface area (TPSA) is 39.7 Å². The SMILES string of the molecule is C=C/C=C(\C=C)COc1cc(NC)ccc1OCCOC. The van der Waals surface area contributed by atoms with Crippen LogP contribution in [0.2, 0.25) is 0 Å². The lowest BCUT2D eigenvalue weighted by Crippen LogP contribution is -2.07. The van der Waals surface area contributed by atoms with Crippen LogP contribution in [0.15, 0.2) is 55.2 Å². The van der Waals surface area contributed by atoms with E-state index in [1.165, 1.54) is 0 Å². The average Bonchev–Trinajstić information content (AvgIpc) is 2.52. The van der Waals surface area contributed by atoms with E-state index in [1.54, 1.807) is 19.3 Å². The summed E-state index contributed by atoms with van der Waals surface area (Å²) in [5.41, 5.74) is 1.90. The third-order valence-corrected chi connectivity index (χ3v) is 2.77. The van der Waals surface area contributed by atoms with Gasteiger partial charge in [-0.15, -0.1) is 0 Å². The van der Waals surface area contributed by atoms with Gasteiger partial charge in [0, 0.05) is 25.9 Å². The summed E-state index contributed by atoms with van der Waals surface area (Å²) < 4.78 is 16.5. The van der Waals surface area contributed by atoms with E-state index in [-0.39, 0.29) is 0 Å². The molecule has 0 heterocycles. The summed E-state index contributed by atoms with van der Waals surface area (Å²) in [4.78, 5) is 0. The van der Waals surface area contributed by atoms with Gasteiger partial charge in [-0.3, -0.25) is 0 Å². The molecule has 0 radical (unpaired) electrons. The van der Waals surface area contributed by atoms with E-state index in [0.29, 0.717) is 31.3 Å². The Morgan fingerprint density at radius 3 is 2.62 bits per heavy atom. The lowest BCUT2D eigenvalue weighted by atomic mass is 10.2. The van der Waals surface area contributed by atoms with Crippen molar-refractivity contribution in [1.29, 1.82) is 0 Å². The van der Waals surface area contributed by atoms with Crippen molar-refractivity contribution in [3.63, 3.8) is 0 Å². The largest absolute Gasteiger partial charge is 0.487 e. The van der Waals surface area contributed by atoms with Gasteiger partial charge in [0.05, 0.1) is 6.61 Å². The van der Waals surface area contributed by atoms with Gasteiger partial charge in [0.15, 0.2) is 11.5 Å². The highest BCUT2D eigenvalue weighted by molar-refractivity contribution is 5.54. The molecular formula is C17H23NO3. The number of anilines is 1. The van der Waals surface area contributed by atoms with Crippen molar-refractivity contribution in [2.45, 2.75) is 0 Å². The Balaban J connectivity index is 2.82. The number of hydrogen-bond acceptors (Lipinski definition) is 4. The Labute approximate surface area is 126 Å². The highest BCUT2D eigenvalue weighted by Gasteiger charge is 2.07. The highest BCUT2D eigenvalue weighted by Crippen LogP contribution is 2.30. The molecule has 1 N–H and O–H groups in total. The summed E-state index contributed by atoms with van der Waals surface area (Å²) in [7, 11) is 3.50. The van der Waals surface area contributed by atoms with Crippen LogP contribution in [0, 0.1) is 0 Å². The van der Waals surface area contributed by atoms with Crippen molar-refractivity contribution in [1.82, 2.24) is 0 Å². The molecule has 4 heteroatoms. The standard InChI is InChI=1S/C17H23NO3/c1-5-7-14(6-2)13-21-17-12-15(18-3)8-9-16(17)20-11-10-19-4/h5-9,12,18H,1-2,10-11,13H2,3-4H3/b14-7+. The third kappa shape index (κ3) is 5.75. The van der Waals surface area contributed by atoms with E-state index in [0.717, 1.165) is 11.3 Å². The number of benzene rings is 1. The van der Waals surface area contributed by atoms with Gasteiger partial charge in [0.1, 0.15) is 13.2 Å². The zero-order chi connectivity index (χ0) is 15.5. The van der Waals surface area contributed by atoms with Crippen molar-refractivity contribution in [3.05, 3.63) is 55.2 Å². The fourth-order valence-electron chi connectivity index (χ4n) is 1.62. The summed E-state index contributed by atoms with van der Waals surface area (Å²) in [6, 6.07) is 5.71. The number of methoxy groups -OCH3 is 1. The van der Waals surface area contributed by atoms with E-state index in [4.69, 9.17) is 14.2 Å². The summed E-state index contributed by atoms with van der Waals surface area (Å²) in [5.74, 6) is 1.36. The maximum atomic E-state index is 5.82. The molecular weight excluding hydrogens is 266 g/mol. The smallest absolute Gasteiger partial charge is 0.163 e. The molecule has 0 aliphatic carbocycles. The molecule has 0 saturated heterocycles. The summed E-state index contributed by atoms with van der Waals surface area (Å²) in [6.45, 7) is 8.83. The predicted molar refractivity (Wildman–Crippen MR) is 87.3 cm³/mol. The summed E-state index contributed by atoms with van der Waals surface area (Å²) >= 11 is 0. The van der Waals surface area contributed by atoms with Gasteiger partial charge in [-0.05, 0) is 17.7 Å². The number of hydrogen-bond donors (Lipinski definition) is 1. The van der Waals surface area contributed by atoms with E-state index < -0.39 is 0 Å². The monoisotopic (exact) mass is 289 g/mol. The minimum Gasteiger partial charge on any atom is -0.487 e. The number of allylic oxidation sites excluding steroid dienone is 2. The van der Waals surface area contributed by atoms with Crippen LogP contribution >= 0.6 is 0 Å². The van der Waals surface area contributed by atoms with Crippen LogP contribution in [-0.4, -0.2) is 34.0 Å². The van der Waals surface area contributed by atoms with Gasteiger partial charge in [-0.2, -0.15) is 0 Å². The molecule has 0 bridgehead atoms. The number of ether oxygens (including phenoxy) is 3. The molecule has 0 unspecified atom stereocenters. The second-order valence-electron chi connectivity index (χ2n) is 4.22. The van der Waals surface area contributed by atoms with Crippen molar-refractivity contribution in [3.8, 4) is 11.5 Å². The Hall–Kier alpha value is -2.20. The number of rotatable bonds is 10. The summed E-state index contributed by atoms with van der Waals surface area (Å²) in [5, 5.41) is 3.08.